The highest BCUT2D eigenvalue weighted by Gasteiger charge is 2.25. The fraction of sp³-hybridized carbons (Fsp3) is 0.350. The van der Waals surface area contributed by atoms with Crippen molar-refractivity contribution >= 4 is 11.1 Å². The second kappa shape index (κ2) is 7.25. The number of hydrogen-bond donors (Lipinski definition) is 2. The summed E-state index contributed by atoms with van der Waals surface area (Å²) in [6.07, 6.45) is 3.80. The first-order chi connectivity index (χ1) is 12.3. The van der Waals surface area contributed by atoms with Crippen molar-refractivity contribution in [2.24, 2.45) is 0 Å². The van der Waals surface area contributed by atoms with Crippen molar-refractivity contribution in [1.82, 2.24) is 15.6 Å². The molecule has 0 spiro atoms. The molecule has 4 rings (SSSR count). The molecule has 0 saturated carbocycles. The Kier molecular flexibility index (Phi) is 4.68. The number of nitrogens with zero attached hydrogens (tertiary/aromatic N) is 1. The third-order valence-corrected chi connectivity index (χ3v) is 4.91. The molecule has 2 aromatic carbocycles. The molecule has 0 radical (unpaired) electrons. The van der Waals surface area contributed by atoms with Gasteiger partial charge in [0.05, 0.1) is 7.11 Å². The minimum atomic E-state index is 0.330. The lowest BCUT2D eigenvalue weighted by Crippen LogP contribution is -2.45. The van der Waals surface area contributed by atoms with Crippen LogP contribution in [-0.4, -0.2) is 24.7 Å². The second-order valence-electron chi connectivity index (χ2n) is 6.46. The predicted molar refractivity (Wildman–Crippen MR) is 97.6 cm³/mol. The SMILES string of the molecule is COc1cc2ocnc2cc1CN[C@H]1CCCN[C@H]1c1ccccc1. The van der Waals surface area contributed by atoms with Gasteiger partial charge in [-0.25, -0.2) is 4.98 Å². The van der Waals surface area contributed by atoms with E-state index in [0.29, 0.717) is 12.1 Å². The van der Waals surface area contributed by atoms with Gasteiger partial charge in [-0.05, 0) is 31.0 Å². The Balaban J connectivity index is 1.53. The topological polar surface area (TPSA) is 59.3 Å². The molecule has 25 heavy (non-hydrogen) atoms. The zero-order valence-electron chi connectivity index (χ0n) is 14.4. The van der Waals surface area contributed by atoms with Crippen LogP contribution < -0.4 is 15.4 Å². The van der Waals surface area contributed by atoms with Crippen LogP contribution in [0.2, 0.25) is 0 Å². The molecule has 0 bridgehead atoms. The van der Waals surface area contributed by atoms with Crippen molar-refractivity contribution in [1.29, 1.82) is 0 Å². The van der Waals surface area contributed by atoms with Crippen LogP contribution in [0.25, 0.3) is 11.1 Å². The second-order valence-corrected chi connectivity index (χ2v) is 6.46. The minimum absolute atomic E-state index is 0.330. The van der Waals surface area contributed by atoms with Gasteiger partial charge in [0.15, 0.2) is 12.0 Å². The maximum absolute atomic E-state index is 5.53. The highest BCUT2D eigenvalue weighted by Crippen LogP contribution is 2.27. The lowest BCUT2D eigenvalue weighted by Gasteiger charge is -2.34. The first-order valence-corrected chi connectivity index (χ1v) is 8.77. The summed E-state index contributed by atoms with van der Waals surface area (Å²) in [5.41, 5.74) is 4.04. The van der Waals surface area contributed by atoms with E-state index in [1.165, 1.54) is 18.4 Å². The average molecular weight is 337 g/mol. The van der Waals surface area contributed by atoms with Gasteiger partial charge in [0.25, 0.3) is 0 Å². The van der Waals surface area contributed by atoms with Crippen molar-refractivity contribution in [3.63, 3.8) is 0 Å². The zero-order chi connectivity index (χ0) is 17.1. The first-order valence-electron chi connectivity index (χ1n) is 8.77. The third-order valence-electron chi connectivity index (χ3n) is 4.91. The van der Waals surface area contributed by atoms with Crippen LogP contribution in [0.3, 0.4) is 0 Å². The molecule has 2 atom stereocenters. The van der Waals surface area contributed by atoms with Gasteiger partial charge in [-0.3, -0.25) is 0 Å². The largest absolute Gasteiger partial charge is 0.496 e. The summed E-state index contributed by atoms with van der Waals surface area (Å²) in [6, 6.07) is 15.3. The van der Waals surface area contributed by atoms with E-state index in [0.717, 1.165) is 41.9 Å². The van der Waals surface area contributed by atoms with Gasteiger partial charge < -0.3 is 19.8 Å². The van der Waals surface area contributed by atoms with Crippen LogP contribution in [0.1, 0.15) is 30.0 Å². The molecule has 2 N–H and O–H groups in total. The molecule has 1 aromatic heterocycles. The first kappa shape index (κ1) is 16.1. The van der Waals surface area contributed by atoms with E-state index in [4.69, 9.17) is 9.15 Å². The van der Waals surface area contributed by atoms with E-state index in [2.05, 4.69) is 45.9 Å². The molecule has 1 saturated heterocycles. The Morgan fingerprint density at radius 1 is 1.28 bits per heavy atom. The van der Waals surface area contributed by atoms with Crippen molar-refractivity contribution in [3.8, 4) is 5.75 Å². The number of nitrogens with one attached hydrogen (secondary N) is 2. The van der Waals surface area contributed by atoms with Gasteiger partial charge in [-0.1, -0.05) is 30.3 Å². The molecular formula is C20H23N3O2. The summed E-state index contributed by atoms with van der Waals surface area (Å²) >= 11 is 0. The summed E-state index contributed by atoms with van der Waals surface area (Å²) in [6.45, 7) is 1.80. The Hall–Kier alpha value is -2.37. The number of rotatable bonds is 5. The Labute approximate surface area is 147 Å². The number of fused-ring (bicyclic) bond motifs is 1. The average Bonchev–Trinajstić information content (AvgIpc) is 3.13. The molecule has 1 aliphatic heterocycles. The maximum Gasteiger partial charge on any atom is 0.181 e. The zero-order valence-corrected chi connectivity index (χ0v) is 14.4. The molecule has 1 fully saturated rings. The molecule has 130 valence electrons. The number of ether oxygens (including phenoxy) is 1. The summed E-state index contributed by atoms with van der Waals surface area (Å²) in [5.74, 6) is 0.830. The maximum atomic E-state index is 5.53. The predicted octanol–water partition coefficient (Wildman–Crippen LogP) is 3.42. The van der Waals surface area contributed by atoms with Crippen molar-refractivity contribution in [3.05, 3.63) is 60.0 Å². The van der Waals surface area contributed by atoms with Gasteiger partial charge in [0.2, 0.25) is 0 Å². The lowest BCUT2D eigenvalue weighted by molar-refractivity contribution is 0.303. The third kappa shape index (κ3) is 3.38. The Bertz CT molecular complexity index is 831. The van der Waals surface area contributed by atoms with E-state index in [9.17, 15) is 0 Å². The molecule has 1 aliphatic rings. The number of hydrogen-bond acceptors (Lipinski definition) is 5. The van der Waals surface area contributed by atoms with Gasteiger partial charge >= 0.3 is 0 Å². The molecular weight excluding hydrogens is 314 g/mol. The van der Waals surface area contributed by atoms with Crippen LogP contribution in [0, 0.1) is 0 Å². The Morgan fingerprint density at radius 2 is 2.16 bits per heavy atom. The van der Waals surface area contributed by atoms with Gasteiger partial charge in [-0.2, -0.15) is 0 Å². The number of methoxy groups -OCH3 is 1. The molecule has 2 heterocycles. The molecule has 0 amide bonds. The summed E-state index contributed by atoms with van der Waals surface area (Å²) in [7, 11) is 1.69. The molecule has 0 unspecified atom stereocenters. The molecule has 3 aromatic rings. The number of oxazole rings is 1. The standard InChI is InChI=1S/C20H23N3O2/c1-24-18-11-19-17(23-13-25-19)10-15(18)12-22-16-8-5-9-21-20(16)14-6-3-2-4-7-14/h2-4,6-7,10-11,13,16,20-22H,5,8-9,12H2,1H3/t16-,20-/m0/s1. The summed E-state index contributed by atoms with van der Waals surface area (Å²) in [4.78, 5) is 4.25. The quantitative estimate of drug-likeness (QED) is 0.747. The van der Waals surface area contributed by atoms with Crippen molar-refractivity contribution in [2.45, 2.75) is 31.5 Å². The highest BCUT2D eigenvalue weighted by atomic mass is 16.5. The van der Waals surface area contributed by atoms with E-state index in [-0.39, 0.29) is 0 Å². The van der Waals surface area contributed by atoms with Gasteiger partial charge in [0.1, 0.15) is 11.3 Å². The van der Waals surface area contributed by atoms with E-state index < -0.39 is 0 Å². The van der Waals surface area contributed by atoms with Crippen LogP contribution in [0.4, 0.5) is 0 Å². The highest BCUT2D eigenvalue weighted by molar-refractivity contribution is 5.75. The molecule has 0 aliphatic carbocycles. The van der Waals surface area contributed by atoms with E-state index >= 15 is 0 Å². The fourth-order valence-electron chi connectivity index (χ4n) is 3.62. The van der Waals surface area contributed by atoms with Crippen molar-refractivity contribution < 1.29 is 9.15 Å². The van der Waals surface area contributed by atoms with Crippen LogP contribution >= 0.6 is 0 Å². The Morgan fingerprint density at radius 3 is 3.00 bits per heavy atom. The number of piperidine rings is 1. The van der Waals surface area contributed by atoms with Gasteiger partial charge in [0, 0.05) is 30.3 Å². The summed E-state index contributed by atoms with van der Waals surface area (Å²) < 4.78 is 10.9. The van der Waals surface area contributed by atoms with Crippen molar-refractivity contribution in [2.75, 3.05) is 13.7 Å². The molecule has 5 nitrogen and oxygen atoms in total. The monoisotopic (exact) mass is 337 g/mol. The smallest absolute Gasteiger partial charge is 0.181 e. The summed E-state index contributed by atoms with van der Waals surface area (Å²) in [5, 5.41) is 7.37. The van der Waals surface area contributed by atoms with Crippen LogP contribution in [0.15, 0.2) is 53.3 Å². The normalized spacial score (nSPS) is 20.7. The van der Waals surface area contributed by atoms with E-state index in [1.807, 2.05) is 12.1 Å². The minimum Gasteiger partial charge on any atom is -0.496 e. The van der Waals surface area contributed by atoms with Crippen LogP contribution in [0.5, 0.6) is 5.75 Å². The molecule has 5 heteroatoms. The lowest BCUT2D eigenvalue weighted by atomic mass is 9.92. The number of aromatic nitrogens is 1. The van der Waals surface area contributed by atoms with Gasteiger partial charge in [-0.15, -0.1) is 0 Å². The fourth-order valence-corrected chi connectivity index (χ4v) is 3.62. The number of benzene rings is 2. The van der Waals surface area contributed by atoms with E-state index in [1.54, 1.807) is 7.11 Å². The van der Waals surface area contributed by atoms with Crippen LogP contribution in [-0.2, 0) is 6.54 Å².